The topological polar surface area (TPSA) is 32.3 Å². The summed E-state index contributed by atoms with van der Waals surface area (Å²) in [5, 5.41) is 3.30. The van der Waals surface area contributed by atoms with Gasteiger partial charge in [0, 0.05) is 31.4 Å². The number of hydrogen-bond acceptors (Lipinski definition) is 2. The van der Waals surface area contributed by atoms with E-state index in [1.54, 1.807) is 4.90 Å². The van der Waals surface area contributed by atoms with Crippen LogP contribution >= 0.6 is 0 Å². The molecule has 0 radical (unpaired) electrons. The molecule has 1 heterocycles. The Balaban J connectivity index is 1.86. The number of benzene rings is 2. The predicted octanol–water partition coefficient (Wildman–Crippen LogP) is 2.87. The number of aryl methyl sites for hydroxylation is 1. The van der Waals surface area contributed by atoms with Crippen molar-refractivity contribution in [2.24, 2.45) is 0 Å². The summed E-state index contributed by atoms with van der Waals surface area (Å²) in [4.78, 5) is 14.2. The molecule has 0 spiro atoms. The van der Waals surface area contributed by atoms with E-state index >= 15 is 0 Å². The van der Waals surface area contributed by atoms with E-state index in [1.165, 1.54) is 16.7 Å². The van der Waals surface area contributed by atoms with E-state index < -0.39 is 0 Å². The first-order valence-corrected chi connectivity index (χ1v) is 6.82. The van der Waals surface area contributed by atoms with Gasteiger partial charge in [0.2, 0.25) is 0 Å². The van der Waals surface area contributed by atoms with Crippen LogP contribution in [0.4, 0.5) is 5.69 Å². The van der Waals surface area contributed by atoms with Gasteiger partial charge < -0.3 is 10.2 Å². The summed E-state index contributed by atoms with van der Waals surface area (Å²) < 4.78 is 0. The van der Waals surface area contributed by atoms with Crippen molar-refractivity contribution in [2.75, 3.05) is 11.9 Å². The summed E-state index contributed by atoms with van der Waals surface area (Å²) in [6, 6.07) is 14.0. The quantitative estimate of drug-likeness (QED) is 0.906. The molecule has 0 unspecified atom stereocenters. The zero-order chi connectivity index (χ0) is 14.1. The van der Waals surface area contributed by atoms with Crippen LogP contribution in [-0.2, 0) is 13.1 Å². The number of anilines is 1. The molecule has 2 aromatic rings. The first-order chi connectivity index (χ1) is 9.65. The summed E-state index contributed by atoms with van der Waals surface area (Å²) in [5.74, 6) is 0.0311. The Kier molecular flexibility index (Phi) is 3.28. The van der Waals surface area contributed by atoms with Gasteiger partial charge in [0.1, 0.15) is 0 Å². The Morgan fingerprint density at radius 3 is 2.50 bits per heavy atom. The third-order valence-electron chi connectivity index (χ3n) is 3.81. The fraction of sp³-hybridized carbons (Fsp3) is 0.235. The zero-order valence-electron chi connectivity index (χ0n) is 11.8. The average Bonchev–Trinajstić information content (AvgIpc) is 2.94. The van der Waals surface area contributed by atoms with Crippen LogP contribution in [0.1, 0.15) is 27.0 Å². The van der Waals surface area contributed by atoms with Gasteiger partial charge in [-0.05, 0) is 42.3 Å². The van der Waals surface area contributed by atoms with Crippen molar-refractivity contribution in [1.82, 2.24) is 5.32 Å². The third kappa shape index (κ3) is 2.32. The SMILES string of the molecule is Cc1ccc(N(C)C(=O)c2ccc3c(c2)CNC3)cc1. The third-order valence-corrected chi connectivity index (χ3v) is 3.81. The Morgan fingerprint density at radius 1 is 1.05 bits per heavy atom. The number of carbonyl (C=O) groups is 1. The van der Waals surface area contributed by atoms with Gasteiger partial charge in [-0.3, -0.25) is 4.79 Å². The molecule has 0 bridgehead atoms. The molecule has 1 N–H and O–H groups in total. The van der Waals surface area contributed by atoms with Crippen LogP contribution in [0, 0.1) is 6.92 Å². The zero-order valence-corrected chi connectivity index (χ0v) is 11.8. The highest BCUT2D eigenvalue weighted by Crippen LogP contribution is 2.20. The Morgan fingerprint density at radius 2 is 1.75 bits per heavy atom. The maximum absolute atomic E-state index is 12.5. The van der Waals surface area contributed by atoms with Crippen molar-refractivity contribution in [3.8, 4) is 0 Å². The minimum absolute atomic E-state index is 0.0311. The smallest absolute Gasteiger partial charge is 0.258 e. The van der Waals surface area contributed by atoms with Crippen molar-refractivity contribution < 1.29 is 4.79 Å². The van der Waals surface area contributed by atoms with Crippen LogP contribution in [0.15, 0.2) is 42.5 Å². The van der Waals surface area contributed by atoms with Gasteiger partial charge in [-0.25, -0.2) is 0 Å². The van der Waals surface area contributed by atoms with Crippen molar-refractivity contribution in [2.45, 2.75) is 20.0 Å². The monoisotopic (exact) mass is 266 g/mol. The molecule has 3 rings (SSSR count). The van der Waals surface area contributed by atoms with Gasteiger partial charge in [-0.15, -0.1) is 0 Å². The fourth-order valence-electron chi connectivity index (χ4n) is 2.51. The molecular formula is C17H18N2O. The van der Waals surface area contributed by atoms with Crippen LogP contribution in [0.3, 0.4) is 0 Å². The van der Waals surface area contributed by atoms with Crippen LogP contribution < -0.4 is 10.2 Å². The molecule has 0 saturated carbocycles. The fourth-order valence-corrected chi connectivity index (χ4v) is 2.51. The number of hydrogen-bond donors (Lipinski definition) is 1. The Bertz CT molecular complexity index is 647. The van der Waals surface area contributed by atoms with Gasteiger partial charge in [-0.2, -0.15) is 0 Å². The predicted molar refractivity (Wildman–Crippen MR) is 80.9 cm³/mol. The minimum Gasteiger partial charge on any atom is -0.311 e. The van der Waals surface area contributed by atoms with Gasteiger partial charge in [0.15, 0.2) is 0 Å². The maximum atomic E-state index is 12.5. The second kappa shape index (κ2) is 5.10. The summed E-state index contributed by atoms with van der Waals surface area (Å²) in [6.07, 6.45) is 0. The van der Waals surface area contributed by atoms with Crippen molar-refractivity contribution >= 4 is 11.6 Å². The van der Waals surface area contributed by atoms with E-state index in [0.29, 0.717) is 0 Å². The molecule has 0 atom stereocenters. The average molecular weight is 266 g/mol. The van der Waals surface area contributed by atoms with E-state index in [4.69, 9.17) is 0 Å². The molecule has 1 aliphatic rings. The molecular weight excluding hydrogens is 248 g/mol. The largest absolute Gasteiger partial charge is 0.311 e. The van der Waals surface area contributed by atoms with E-state index in [2.05, 4.69) is 5.32 Å². The second-order valence-corrected chi connectivity index (χ2v) is 5.29. The lowest BCUT2D eigenvalue weighted by atomic mass is 10.1. The Hall–Kier alpha value is -2.13. The summed E-state index contributed by atoms with van der Waals surface area (Å²) in [5.41, 5.74) is 5.38. The van der Waals surface area contributed by atoms with Gasteiger partial charge in [-0.1, -0.05) is 23.8 Å². The normalized spacial score (nSPS) is 13.1. The number of nitrogens with one attached hydrogen (secondary N) is 1. The van der Waals surface area contributed by atoms with E-state index in [-0.39, 0.29) is 5.91 Å². The molecule has 0 saturated heterocycles. The van der Waals surface area contributed by atoms with Crippen LogP contribution in [0.5, 0.6) is 0 Å². The van der Waals surface area contributed by atoms with Crippen molar-refractivity contribution in [3.05, 3.63) is 64.7 Å². The van der Waals surface area contributed by atoms with Crippen LogP contribution in [0.2, 0.25) is 0 Å². The van der Waals surface area contributed by atoms with E-state index in [9.17, 15) is 4.79 Å². The van der Waals surface area contributed by atoms with Crippen LogP contribution in [0.25, 0.3) is 0 Å². The first-order valence-electron chi connectivity index (χ1n) is 6.82. The molecule has 20 heavy (non-hydrogen) atoms. The molecule has 3 nitrogen and oxygen atoms in total. The highest BCUT2D eigenvalue weighted by atomic mass is 16.2. The van der Waals surface area contributed by atoms with Crippen molar-refractivity contribution in [1.29, 1.82) is 0 Å². The number of nitrogens with zero attached hydrogens (tertiary/aromatic N) is 1. The van der Waals surface area contributed by atoms with E-state index in [1.807, 2.05) is 56.4 Å². The molecule has 2 aromatic carbocycles. The lowest BCUT2D eigenvalue weighted by Crippen LogP contribution is -2.26. The highest BCUT2D eigenvalue weighted by Gasteiger charge is 2.17. The molecule has 0 aliphatic carbocycles. The van der Waals surface area contributed by atoms with Gasteiger partial charge >= 0.3 is 0 Å². The van der Waals surface area contributed by atoms with E-state index in [0.717, 1.165) is 24.3 Å². The lowest BCUT2D eigenvalue weighted by Gasteiger charge is -2.18. The molecule has 3 heteroatoms. The first kappa shape index (κ1) is 12.9. The van der Waals surface area contributed by atoms with Crippen molar-refractivity contribution in [3.63, 3.8) is 0 Å². The second-order valence-electron chi connectivity index (χ2n) is 5.29. The number of amides is 1. The number of rotatable bonds is 2. The molecule has 0 fully saturated rings. The molecule has 0 aromatic heterocycles. The number of fused-ring (bicyclic) bond motifs is 1. The summed E-state index contributed by atoms with van der Waals surface area (Å²) >= 11 is 0. The standard InChI is InChI=1S/C17H18N2O/c1-12-3-7-16(8-4-12)19(2)17(20)13-5-6-14-10-18-11-15(14)9-13/h3-9,18H,10-11H2,1-2H3. The highest BCUT2D eigenvalue weighted by molar-refractivity contribution is 6.05. The molecule has 1 amide bonds. The summed E-state index contributed by atoms with van der Waals surface area (Å²) in [6.45, 7) is 3.79. The van der Waals surface area contributed by atoms with Gasteiger partial charge in [0.25, 0.3) is 5.91 Å². The molecule has 1 aliphatic heterocycles. The molecule has 102 valence electrons. The summed E-state index contributed by atoms with van der Waals surface area (Å²) in [7, 11) is 1.82. The number of carbonyl (C=O) groups excluding carboxylic acids is 1. The van der Waals surface area contributed by atoms with Gasteiger partial charge in [0.05, 0.1) is 0 Å². The lowest BCUT2D eigenvalue weighted by molar-refractivity contribution is 0.0993. The Labute approximate surface area is 119 Å². The van der Waals surface area contributed by atoms with Crippen LogP contribution in [-0.4, -0.2) is 13.0 Å². The minimum atomic E-state index is 0.0311. The maximum Gasteiger partial charge on any atom is 0.258 e.